The standard InChI is InChI=1S/C15H26N2O/c1-5-13-6-7-15(18-4)14(10-13)8-9-17(3)11-12(2)16/h6-7,10,12H,5,8-9,11,16H2,1-4H3. The molecule has 0 aliphatic rings. The summed E-state index contributed by atoms with van der Waals surface area (Å²) >= 11 is 0. The van der Waals surface area contributed by atoms with Gasteiger partial charge in [0.05, 0.1) is 7.11 Å². The first-order valence-corrected chi connectivity index (χ1v) is 6.66. The van der Waals surface area contributed by atoms with Gasteiger partial charge >= 0.3 is 0 Å². The molecule has 3 nitrogen and oxygen atoms in total. The van der Waals surface area contributed by atoms with Crippen molar-refractivity contribution in [3.63, 3.8) is 0 Å². The summed E-state index contributed by atoms with van der Waals surface area (Å²) in [7, 11) is 3.84. The summed E-state index contributed by atoms with van der Waals surface area (Å²) in [5.74, 6) is 0.987. The number of nitrogens with two attached hydrogens (primary N) is 1. The Bertz CT molecular complexity index is 364. The number of ether oxygens (including phenoxy) is 1. The molecule has 18 heavy (non-hydrogen) atoms. The number of hydrogen-bond donors (Lipinski definition) is 1. The van der Waals surface area contributed by atoms with E-state index in [9.17, 15) is 0 Å². The van der Waals surface area contributed by atoms with Gasteiger partial charge in [-0.15, -0.1) is 0 Å². The minimum atomic E-state index is 0.221. The smallest absolute Gasteiger partial charge is 0.122 e. The summed E-state index contributed by atoms with van der Waals surface area (Å²) in [4.78, 5) is 2.27. The minimum absolute atomic E-state index is 0.221. The van der Waals surface area contributed by atoms with Gasteiger partial charge in [0.25, 0.3) is 0 Å². The van der Waals surface area contributed by atoms with Crippen molar-refractivity contribution >= 4 is 0 Å². The third kappa shape index (κ3) is 4.67. The molecule has 0 fully saturated rings. The fourth-order valence-electron chi connectivity index (χ4n) is 2.14. The molecule has 0 saturated carbocycles. The van der Waals surface area contributed by atoms with E-state index in [1.807, 2.05) is 6.92 Å². The maximum absolute atomic E-state index is 5.80. The van der Waals surface area contributed by atoms with Crippen LogP contribution in [0.25, 0.3) is 0 Å². The second kappa shape index (κ2) is 7.39. The van der Waals surface area contributed by atoms with Crippen LogP contribution >= 0.6 is 0 Å². The number of methoxy groups -OCH3 is 1. The lowest BCUT2D eigenvalue weighted by molar-refractivity contribution is 0.318. The third-order valence-electron chi connectivity index (χ3n) is 3.12. The highest BCUT2D eigenvalue weighted by molar-refractivity contribution is 5.37. The molecular weight excluding hydrogens is 224 g/mol. The molecule has 1 aromatic rings. The first-order chi connectivity index (χ1) is 8.56. The van der Waals surface area contributed by atoms with Crippen molar-refractivity contribution in [3.05, 3.63) is 29.3 Å². The average molecular weight is 250 g/mol. The molecule has 1 aromatic carbocycles. The highest BCUT2D eigenvalue weighted by Gasteiger charge is 2.07. The predicted molar refractivity (Wildman–Crippen MR) is 77.2 cm³/mol. The van der Waals surface area contributed by atoms with Crippen LogP contribution in [0.3, 0.4) is 0 Å². The van der Waals surface area contributed by atoms with Gasteiger partial charge in [-0.25, -0.2) is 0 Å². The van der Waals surface area contributed by atoms with E-state index in [1.165, 1.54) is 11.1 Å². The summed E-state index contributed by atoms with van der Waals surface area (Å²) < 4.78 is 5.41. The topological polar surface area (TPSA) is 38.5 Å². The molecule has 2 N–H and O–H groups in total. The second-order valence-corrected chi connectivity index (χ2v) is 4.99. The molecule has 0 amide bonds. The molecule has 0 heterocycles. The summed E-state index contributed by atoms with van der Waals surface area (Å²) in [6, 6.07) is 6.67. The molecule has 0 bridgehead atoms. The summed E-state index contributed by atoms with van der Waals surface area (Å²) in [6.45, 7) is 6.14. The summed E-state index contributed by atoms with van der Waals surface area (Å²) in [5.41, 5.74) is 8.44. The van der Waals surface area contributed by atoms with Crippen LogP contribution in [0.1, 0.15) is 25.0 Å². The van der Waals surface area contributed by atoms with E-state index in [-0.39, 0.29) is 6.04 Å². The van der Waals surface area contributed by atoms with Crippen LogP contribution in [0.4, 0.5) is 0 Å². The lowest BCUT2D eigenvalue weighted by Gasteiger charge is -2.19. The van der Waals surface area contributed by atoms with Gasteiger partial charge in [-0.1, -0.05) is 19.1 Å². The number of nitrogens with zero attached hydrogens (tertiary/aromatic N) is 1. The van der Waals surface area contributed by atoms with E-state index in [0.29, 0.717) is 0 Å². The molecule has 1 atom stereocenters. The van der Waals surface area contributed by atoms with E-state index in [1.54, 1.807) is 7.11 Å². The van der Waals surface area contributed by atoms with E-state index < -0.39 is 0 Å². The largest absolute Gasteiger partial charge is 0.496 e. The molecule has 3 heteroatoms. The van der Waals surface area contributed by atoms with Gasteiger partial charge in [-0.3, -0.25) is 0 Å². The average Bonchev–Trinajstić information content (AvgIpc) is 2.35. The second-order valence-electron chi connectivity index (χ2n) is 4.99. The van der Waals surface area contributed by atoms with Crippen molar-refractivity contribution in [2.75, 3.05) is 27.2 Å². The highest BCUT2D eigenvalue weighted by Crippen LogP contribution is 2.21. The van der Waals surface area contributed by atoms with Crippen LogP contribution in [0.2, 0.25) is 0 Å². The molecule has 1 unspecified atom stereocenters. The quantitative estimate of drug-likeness (QED) is 0.805. The third-order valence-corrected chi connectivity index (χ3v) is 3.12. The highest BCUT2D eigenvalue weighted by atomic mass is 16.5. The van der Waals surface area contributed by atoms with Crippen molar-refractivity contribution in [2.24, 2.45) is 5.73 Å². The molecule has 102 valence electrons. The first-order valence-electron chi connectivity index (χ1n) is 6.66. The van der Waals surface area contributed by atoms with Crippen LogP contribution in [-0.2, 0) is 12.8 Å². The number of aryl methyl sites for hydroxylation is 1. The Morgan fingerprint density at radius 1 is 1.39 bits per heavy atom. The van der Waals surface area contributed by atoms with E-state index in [2.05, 4.69) is 37.1 Å². The van der Waals surface area contributed by atoms with Gasteiger partial charge < -0.3 is 15.4 Å². The Morgan fingerprint density at radius 2 is 2.11 bits per heavy atom. The first kappa shape index (κ1) is 15.0. The monoisotopic (exact) mass is 250 g/mol. The number of hydrogen-bond acceptors (Lipinski definition) is 3. The minimum Gasteiger partial charge on any atom is -0.496 e. The zero-order chi connectivity index (χ0) is 13.5. The fourth-order valence-corrected chi connectivity index (χ4v) is 2.14. The van der Waals surface area contributed by atoms with Crippen LogP contribution in [0, 0.1) is 0 Å². The Kier molecular flexibility index (Phi) is 6.16. The Hall–Kier alpha value is -1.06. The zero-order valence-electron chi connectivity index (χ0n) is 12.1. The Balaban J connectivity index is 2.64. The maximum Gasteiger partial charge on any atom is 0.122 e. The van der Waals surface area contributed by atoms with Crippen molar-refractivity contribution in [3.8, 4) is 5.75 Å². The number of rotatable bonds is 7. The predicted octanol–water partition coefficient (Wildman–Crippen LogP) is 2.08. The molecule has 0 aromatic heterocycles. The van der Waals surface area contributed by atoms with E-state index >= 15 is 0 Å². The maximum atomic E-state index is 5.80. The molecule has 0 aliphatic heterocycles. The van der Waals surface area contributed by atoms with Crippen LogP contribution in [-0.4, -0.2) is 38.2 Å². The molecule has 0 radical (unpaired) electrons. The zero-order valence-corrected chi connectivity index (χ0v) is 12.1. The van der Waals surface area contributed by atoms with Crippen LogP contribution in [0.5, 0.6) is 5.75 Å². The molecular formula is C15H26N2O. The van der Waals surface area contributed by atoms with E-state index in [4.69, 9.17) is 10.5 Å². The van der Waals surface area contributed by atoms with Crippen molar-refractivity contribution < 1.29 is 4.74 Å². The van der Waals surface area contributed by atoms with Crippen molar-refractivity contribution in [2.45, 2.75) is 32.7 Å². The molecule has 0 spiro atoms. The van der Waals surface area contributed by atoms with Gasteiger partial charge in [0.2, 0.25) is 0 Å². The lowest BCUT2D eigenvalue weighted by atomic mass is 10.0. The van der Waals surface area contributed by atoms with Gasteiger partial charge in [0.15, 0.2) is 0 Å². The Morgan fingerprint density at radius 3 is 2.67 bits per heavy atom. The normalized spacial score (nSPS) is 12.8. The number of likely N-dealkylation sites (N-methyl/N-ethyl adjacent to an activating group) is 1. The van der Waals surface area contributed by atoms with Gasteiger partial charge in [-0.05, 0) is 44.0 Å². The summed E-state index contributed by atoms with van der Waals surface area (Å²) in [5, 5.41) is 0. The number of benzene rings is 1. The summed E-state index contributed by atoms with van der Waals surface area (Å²) in [6.07, 6.45) is 2.06. The molecule has 0 saturated heterocycles. The van der Waals surface area contributed by atoms with Gasteiger partial charge in [-0.2, -0.15) is 0 Å². The van der Waals surface area contributed by atoms with Crippen LogP contribution in [0.15, 0.2) is 18.2 Å². The Labute approximate surface area is 111 Å². The fraction of sp³-hybridized carbons (Fsp3) is 0.600. The molecule has 1 rings (SSSR count). The van der Waals surface area contributed by atoms with Crippen LogP contribution < -0.4 is 10.5 Å². The van der Waals surface area contributed by atoms with Crippen molar-refractivity contribution in [1.29, 1.82) is 0 Å². The SMILES string of the molecule is CCc1ccc(OC)c(CCN(C)CC(C)N)c1. The van der Waals surface area contributed by atoms with E-state index in [0.717, 1.165) is 31.7 Å². The van der Waals surface area contributed by atoms with Crippen molar-refractivity contribution in [1.82, 2.24) is 4.90 Å². The van der Waals surface area contributed by atoms with Gasteiger partial charge in [0.1, 0.15) is 5.75 Å². The van der Waals surface area contributed by atoms with Gasteiger partial charge in [0, 0.05) is 19.1 Å². The molecule has 0 aliphatic carbocycles. The lowest BCUT2D eigenvalue weighted by Crippen LogP contribution is -2.34.